The molecule has 2 unspecified atom stereocenters. The number of piperidine rings is 1. The van der Waals surface area contributed by atoms with Gasteiger partial charge >= 0.3 is 0 Å². The van der Waals surface area contributed by atoms with Gasteiger partial charge in [-0.25, -0.2) is 0 Å². The standard InChI is InChI=1S/C20H29N3O2/c1-3-13-23(15(2)18(24)22-16-7-5-4-6-8-16)19(25)17-14-20(17)9-11-21-12-10-20/h4-8,15,17,21H,3,9-14H2,1-2H3,(H,22,24). The first-order chi connectivity index (χ1) is 12.1. The van der Waals surface area contributed by atoms with Gasteiger partial charge in [0.2, 0.25) is 11.8 Å². The second-order valence-corrected chi connectivity index (χ2v) is 7.43. The minimum Gasteiger partial charge on any atom is -0.331 e. The lowest BCUT2D eigenvalue weighted by atomic mass is 9.91. The number of nitrogens with zero attached hydrogens (tertiary/aromatic N) is 1. The minimum absolute atomic E-state index is 0.105. The van der Waals surface area contributed by atoms with Crippen LogP contribution in [0.2, 0.25) is 0 Å². The maximum absolute atomic E-state index is 13.1. The van der Waals surface area contributed by atoms with E-state index in [1.165, 1.54) is 0 Å². The van der Waals surface area contributed by atoms with Crippen LogP contribution in [0.1, 0.15) is 39.5 Å². The predicted molar refractivity (Wildman–Crippen MR) is 99.2 cm³/mol. The molecular weight excluding hydrogens is 314 g/mol. The number of carbonyl (C=O) groups excluding carboxylic acids is 2. The zero-order valence-electron chi connectivity index (χ0n) is 15.3. The summed E-state index contributed by atoms with van der Waals surface area (Å²) in [5.74, 6) is 0.153. The molecule has 2 aliphatic rings. The fourth-order valence-corrected chi connectivity index (χ4v) is 4.02. The van der Waals surface area contributed by atoms with E-state index < -0.39 is 6.04 Å². The van der Waals surface area contributed by atoms with Gasteiger partial charge in [-0.15, -0.1) is 0 Å². The molecule has 1 saturated heterocycles. The first-order valence-electron chi connectivity index (χ1n) is 9.44. The molecule has 1 spiro atoms. The number of carbonyl (C=O) groups is 2. The van der Waals surface area contributed by atoms with E-state index in [2.05, 4.69) is 17.6 Å². The van der Waals surface area contributed by atoms with Crippen molar-refractivity contribution in [3.63, 3.8) is 0 Å². The number of amides is 2. The van der Waals surface area contributed by atoms with Gasteiger partial charge in [-0.1, -0.05) is 25.1 Å². The number of nitrogens with one attached hydrogen (secondary N) is 2. The Hall–Kier alpha value is -1.88. The van der Waals surface area contributed by atoms with Crippen molar-refractivity contribution in [3.8, 4) is 0 Å². The summed E-state index contributed by atoms with van der Waals surface area (Å²) in [6.07, 6.45) is 4.00. The highest BCUT2D eigenvalue weighted by Gasteiger charge is 2.58. The van der Waals surface area contributed by atoms with E-state index in [0.717, 1.165) is 44.5 Å². The van der Waals surface area contributed by atoms with Crippen LogP contribution in [0.25, 0.3) is 0 Å². The minimum atomic E-state index is -0.452. The van der Waals surface area contributed by atoms with Crippen LogP contribution in [0.15, 0.2) is 30.3 Å². The normalized spacial score (nSPS) is 22.2. The summed E-state index contributed by atoms with van der Waals surface area (Å²) in [7, 11) is 0. The maximum atomic E-state index is 13.1. The molecule has 1 aliphatic heterocycles. The first-order valence-corrected chi connectivity index (χ1v) is 9.44. The summed E-state index contributed by atoms with van der Waals surface area (Å²) in [4.78, 5) is 27.5. The number of benzene rings is 1. The summed E-state index contributed by atoms with van der Waals surface area (Å²) in [6.45, 7) is 6.52. The molecule has 1 heterocycles. The number of hydrogen-bond acceptors (Lipinski definition) is 3. The lowest BCUT2D eigenvalue weighted by molar-refractivity contribution is -0.140. The number of para-hydroxylation sites is 1. The third-order valence-corrected chi connectivity index (χ3v) is 5.72. The highest BCUT2D eigenvalue weighted by molar-refractivity contribution is 5.97. The third-order valence-electron chi connectivity index (χ3n) is 5.72. The molecule has 0 aromatic heterocycles. The molecule has 2 amide bonds. The van der Waals surface area contributed by atoms with Crippen molar-refractivity contribution in [2.75, 3.05) is 25.0 Å². The second kappa shape index (κ2) is 7.56. The Morgan fingerprint density at radius 1 is 1.28 bits per heavy atom. The molecule has 0 radical (unpaired) electrons. The Balaban J connectivity index is 1.65. The van der Waals surface area contributed by atoms with E-state index >= 15 is 0 Å². The van der Waals surface area contributed by atoms with Crippen molar-refractivity contribution in [2.45, 2.75) is 45.6 Å². The number of rotatable bonds is 6. The predicted octanol–water partition coefficient (Wildman–Crippen LogP) is 2.64. The molecule has 2 atom stereocenters. The lowest BCUT2D eigenvalue weighted by Gasteiger charge is -2.30. The molecule has 1 aromatic rings. The van der Waals surface area contributed by atoms with Gasteiger partial charge in [0.05, 0.1) is 0 Å². The van der Waals surface area contributed by atoms with Gasteiger partial charge in [0.25, 0.3) is 0 Å². The summed E-state index contributed by atoms with van der Waals surface area (Å²) in [5.41, 5.74) is 0.966. The smallest absolute Gasteiger partial charge is 0.246 e. The van der Waals surface area contributed by atoms with E-state index in [9.17, 15) is 9.59 Å². The van der Waals surface area contributed by atoms with E-state index in [4.69, 9.17) is 0 Å². The van der Waals surface area contributed by atoms with Crippen molar-refractivity contribution in [2.24, 2.45) is 11.3 Å². The Morgan fingerprint density at radius 2 is 1.96 bits per heavy atom. The summed E-state index contributed by atoms with van der Waals surface area (Å²) < 4.78 is 0. The maximum Gasteiger partial charge on any atom is 0.246 e. The summed E-state index contributed by atoms with van der Waals surface area (Å²) >= 11 is 0. The third kappa shape index (κ3) is 3.87. The average molecular weight is 343 g/mol. The van der Waals surface area contributed by atoms with E-state index in [0.29, 0.717) is 6.54 Å². The molecule has 2 N–H and O–H groups in total. The van der Waals surface area contributed by atoms with Crippen molar-refractivity contribution in [1.29, 1.82) is 0 Å². The van der Waals surface area contributed by atoms with Gasteiger partial charge in [0, 0.05) is 18.2 Å². The molecule has 0 bridgehead atoms. The van der Waals surface area contributed by atoms with Crippen LogP contribution >= 0.6 is 0 Å². The van der Waals surface area contributed by atoms with Crippen LogP contribution in [0.5, 0.6) is 0 Å². The Morgan fingerprint density at radius 3 is 2.60 bits per heavy atom. The van der Waals surface area contributed by atoms with Crippen molar-refractivity contribution < 1.29 is 9.59 Å². The van der Waals surface area contributed by atoms with Crippen molar-refractivity contribution >= 4 is 17.5 Å². The van der Waals surface area contributed by atoms with Gasteiger partial charge in [-0.2, -0.15) is 0 Å². The fourth-order valence-electron chi connectivity index (χ4n) is 4.02. The SMILES string of the molecule is CCCN(C(=O)C1CC12CCNCC2)C(C)C(=O)Nc1ccccc1. The van der Waals surface area contributed by atoms with Crippen LogP contribution in [0.3, 0.4) is 0 Å². The first kappa shape index (κ1) is 17.9. The molecule has 136 valence electrons. The molecule has 1 saturated carbocycles. The second-order valence-electron chi connectivity index (χ2n) is 7.43. The molecular formula is C20H29N3O2. The quantitative estimate of drug-likeness (QED) is 0.835. The van der Waals surface area contributed by atoms with E-state index in [1.807, 2.05) is 37.3 Å². The molecule has 5 nitrogen and oxygen atoms in total. The van der Waals surface area contributed by atoms with Crippen LogP contribution in [0.4, 0.5) is 5.69 Å². The number of anilines is 1. The van der Waals surface area contributed by atoms with Gasteiger partial charge in [-0.3, -0.25) is 9.59 Å². The monoisotopic (exact) mass is 343 g/mol. The van der Waals surface area contributed by atoms with E-state index in [1.54, 1.807) is 4.90 Å². The highest BCUT2D eigenvalue weighted by Crippen LogP contribution is 2.59. The molecule has 3 rings (SSSR count). The highest BCUT2D eigenvalue weighted by atomic mass is 16.2. The van der Waals surface area contributed by atoms with Crippen LogP contribution < -0.4 is 10.6 Å². The fraction of sp³-hybridized carbons (Fsp3) is 0.600. The molecule has 25 heavy (non-hydrogen) atoms. The topological polar surface area (TPSA) is 61.4 Å². The Bertz CT molecular complexity index is 611. The van der Waals surface area contributed by atoms with Crippen molar-refractivity contribution in [1.82, 2.24) is 10.2 Å². The molecule has 1 aliphatic carbocycles. The molecule has 1 aromatic carbocycles. The van der Waals surface area contributed by atoms with Gasteiger partial charge in [-0.05, 0) is 63.2 Å². The van der Waals surface area contributed by atoms with Gasteiger partial charge in [0.1, 0.15) is 6.04 Å². The molecule has 2 fully saturated rings. The van der Waals surface area contributed by atoms with Gasteiger partial charge in [0.15, 0.2) is 0 Å². The molecule has 5 heteroatoms. The van der Waals surface area contributed by atoms with Crippen molar-refractivity contribution in [3.05, 3.63) is 30.3 Å². The van der Waals surface area contributed by atoms with Crippen LogP contribution in [-0.4, -0.2) is 42.4 Å². The summed E-state index contributed by atoms with van der Waals surface area (Å²) in [5, 5.41) is 6.30. The average Bonchev–Trinajstić information content (AvgIpc) is 3.32. The Kier molecular flexibility index (Phi) is 5.42. The Labute approximate surface area is 150 Å². The number of hydrogen-bond donors (Lipinski definition) is 2. The van der Waals surface area contributed by atoms with Crippen LogP contribution in [-0.2, 0) is 9.59 Å². The zero-order valence-corrected chi connectivity index (χ0v) is 15.3. The van der Waals surface area contributed by atoms with Gasteiger partial charge < -0.3 is 15.5 Å². The largest absolute Gasteiger partial charge is 0.331 e. The van der Waals surface area contributed by atoms with Crippen LogP contribution in [0, 0.1) is 11.3 Å². The zero-order chi connectivity index (χ0) is 17.9. The lowest BCUT2D eigenvalue weighted by Crippen LogP contribution is -2.47. The van der Waals surface area contributed by atoms with E-state index in [-0.39, 0.29) is 23.1 Å². The summed E-state index contributed by atoms with van der Waals surface area (Å²) in [6, 6.07) is 8.97.